The first-order valence-corrected chi connectivity index (χ1v) is 9.14. The molecule has 0 aliphatic heterocycles. The van der Waals surface area contributed by atoms with Crippen LogP contribution in [0.2, 0.25) is 0 Å². The molecule has 0 bridgehead atoms. The molecule has 0 amide bonds. The number of benzene rings is 3. The average molecular weight is 372 g/mol. The fourth-order valence-electron chi connectivity index (χ4n) is 2.93. The number of rotatable bonds is 7. The van der Waals surface area contributed by atoms with Crippen LogP contribution in [0.15, 0.2) is 89.1 Å². The summed E-state index contributed by atoms with van der Waals surface area (Å²) < 4.78 is 10.7. The van der Waals surface area contributed by atoms with Gasteiger partial charge in [-0.2, -0.15) is 5.10 Å². The van der Waals surface area contributed by atoms with Crippen LogP contribution in [0.1, 0.15) is 23.6 Å². The minimum absolute atomic E-state index is 0.681. The van der Waals surface area contributed by atoms with Gasteiger partial charge in [0.1, 0.15) is 5.71 Å². The molecule has 0 spiro atoms. The molecule has 0 fully saturated rings. The molecular formula is C24H24N2O2. The Bertz CT molecular complexity index is 923. The second kappa shape index (κ2) is 9.51. The minimum atomic E-state index is 0.681. The normalized spacial score (nSPS) is 11.0. The van der Waals surface area contributed by atoms with E-state index in [1.165, 1.54) is 0 Å². The van der Waals surface area contributed by atoms with Gasteiger partial charge < -0.3 is 9.47 Å². The summed E-state index contributed by atoms with van der Waals surface area (Å²) in [6.45, 7) is 1.98. The van der Waals surface area contributed by atoms with Gasteiger partial charge in [0, 0.05) is 23.3 Å². The molecule has 0 unspecified atom stereocenters. The second-order valence-corrected chi connectivity index (χ2v) is 6.38. The molecule has 28 heavy (non-hydrogen) atoms. The molecule has 4 heteroatoms. The highest BCUT2D eigenvalue weighted by Gasteiger charge is 2.08. The lowest BCUT2D eigenvalue weighted by molar-refractivity contribution is 0.354. The van der Waals surface area contributed by atoms with E-state index in [0.717, 1.165) is 28.1 Å². The summed E-state index contributed by atoms with van der Waals surface area (Å²) in [6.07, 6.45) is 0.681. The number of hydrogen-bond donors (Lipinski definition) is 0. The Hall–Kier alpha value is -3.40. The summed E-state index contributed by atoms with van der Waals surface area (Å²) in [5.74, 6) is 1.43. The van der Waals surface area contributed by atoms with Crippen molar-refractivity contribution in [3.05, 3.63) is 95.6 Å². The van der Waals surface area contributed by atoms with E-state index in [2.05, 4.69) is 10.2 Å². The molecule has 0 radical (unpaired) electrons. The van der Waals surface area contributed by atoms with Crippen molar-refractivity contribution in [2.45, 2.75) is 13.3 Å². The molecule has 0 atom stereocenters. The molecule has 0 aromatic heterocycles. The highest BCUT2D eigenvalue weighted by atomic mass is 16.5. The Balaban J connectivity index is 1.88. The van der Waals surface area contributed by atoms with Gasteiger partial charge in [0.25, 0.3) is 0 Å². The van der Waals surface area contributed by atoms with Gasteiger partial charge in [-0.3, -0.25) is 0 Å². The van der Waals surface area contributed by atoms with Gasteiger partial charge in [-0.25, -0.2) is 0 Å². The van der Waals surface area contributed by atoms with Gasteiger partial charge in [-0.1, -0.05) is 66.7 Å². The predicted octanol–water partition coefficient (Wildman–Crippen LogP) is 5.16. The van der Waals surface area contributed by atoms with E-state index < -0.39 is 0 Å². The summed E-state index contributed by atoms with van der Waals surface area (Å²) in [4.78, 5) is 0. The van der Waals surface area contributed by atoms with E-state index in [1.807, 2.05) is 85.8 Å². The van der Waals surface area contributed by atoms with Gasteiger partial charge >= 0.3 is 0 Å². The number of methoxy groups -OCH3 is 2. The zero-order valence-corrected chi connectivity index (χ0v) is 16.4. The summed E-state index contributed by atoms with van der Waals surface area (Å²) in [5, 5.41) is 9.09. The van der Waals surface area contributed by atoms with Crippen molar-refractivity contribution < 1.29 is 9.47 Å². The van der Waals surface area contributed by atoms with Crippen molar-refractivity contribution in [3.63, 3.8) is 0 Å². The van der Waals surface area contributed by atoms with Crippen LogP contribution >= 0.6 is 0 Å². The van der Waals surface area contributed by atoms with E-state index in [1.54, 1.807) is 14.2 Å². The van der Waals surface area contributed by atoms with Crippen LogP contribution in [0.5, 0.6) is 11.5 Å². The van der Waals surface area contributed by atoms with Crippen LogP contribution in [-0.2, 0) is 6.42 Å². The predicted molar refractivity (Wildman–Crippen MR) is 115 cm³/mol. The largest absolute Gasteiger partial charge is 0.493 e. The summed E-state index contributed by atoms with van der Waals surface area (Å²) >= 11 is 0. The van der Waals surface area contributed by atoms with E-state index in [4.69, 9.17) is 9.47 Å². The van der Waals surface area contributed by atoms with Crippen molar-refractivity contribution in [3.8, 4) is 11.5 Å². The number of nitrogens with zero attached hydrogens (tertiary/aromatic N) is 2. The third kappa shape index (κ3) is 4.86. The smallest absolute Gasteiger partial charge is 0.160 e. The third-order valence-electron chi connectivity index (χ3n) is 4.32. The number of ether oxygens (including phenoxy) is 2. The van der Waals surface area contributed by atoms with Gasteiger partial charge in [0.05, 0.1) is 14.2 Å². The lowest BCUT2D eigenvalue weighted by Gasteiger charge is -2.09. The Morgan fingerprint density at radius 3 is 1.82 bits per heavy atom. The van der Waals surface area contributed by atoms with Crippen LogP contribution in [0.25, 0.3) is 0 Å². The maximum atomic E-state index is 5.38. The molecule has 0 saturated carbocycles. The lowest BCUT2D eigenvalue weighted by Crippen LogP contribution is -2.04. The van der Waals surface area contributed by atoms with Crippen LogP contribution in [0.4, 0.5) is 0 Å². The molecule has 3 aromatic carbocycles. The first-order chi connectivity index (χ1) is 13.7. The molecule has 0 heterocycles. The first kappa shape index (κ1) is 19.4. The maximum absolute atomic E-state index is 5.38. The van der Waals surface area contributed by atoms with E-state index in [0.29, 0.717) is 17.9 Å². The average Bonchev–Trinajstić information content (AvgIpc) is 2.75. The number of hydrogen-bond acceptors (Lipinski definition) is 4. The SMILES string of the molecule is COc1ccc(CC(C)=NN=C(c2ccccc2)c2ccccc2)cc1OC. The lowest BCUT2D eigenvalue weighted by atomic mass is 10.0. The minimum Gasteiger partial charge on any atom is -0.493 e. The summed E-state index contributed by atoms with van der Waals surface area (Å²) in [5.41, 5.74) is 4.94. The van der Waals surface area contributed by atoms with Crippen LogP contribution in [0.3, 0.4) is 0 Å². The van der Waals surface area contributed by atoms with Crippen LogP contribution in [-0.4, -0.2) is 25.6 Å². The zero-order valence-electron chi connectivity index (χ0n) is 16.4. The van der Waals surface area contributed by atoms with Crippen molar-refractivity contribution in [1.82, 2.24) is 0 Å². The van der Waals surface area contributed by atoms with Crippen molar-refractivity contribution in [1.29, 1.82) is 0 Å². The Kier molecular flexibility index (Phi) is 6.58. The standard InChI is InChI=1S/C24H24N2O2/c1-18(16-19-14-15-22(27-2)23(17-19)28-3)25-26-24(20-10-6-4-7-11-20)21-12-8-5-9-13-21/h4-15,17H,16H2,1-3H3. The zero-order chi connectivity index (χ0) is 19.8. The van der Waals surface area contributed by atoms with Crippen LogP contribution in [0, 0.1) is 0 Å². The molecule has 0 aliphatic carbocycles. The monoisotopic (exact) mass is 372 g/mol. The van der Waals surface area contributed by atoms with Crippen molar-refractivity contribution in [2.24, 2.45) is 10.2 Å². The fraction of sp³-hybridized carbons (Fsp3) is 0.167. The van der Waals surface area contributed by atoms with Crippen LogP contribution < -0.4 is 9.47 Å². The van der Waals surface area contributed by atoms with Gasteiger partial charge in [-0.05, 0) is 24.6 Å². The summed E-state index contributed by atoms with van der Waals surface area (Å²) in [6, 6.07) is 26.1. The molecule has 0 N–H and O–H groups in total. The maximum Gasteiger partial charge on any atom is 0.160 e. The molecule has 3 aromatic rings. The van der Waals surface area contributed by atoms with Crippen molar-refractivity contribution >= 4 is 11.4 Å². The molecular weight excluding hydrogens is 348 g/mol. The summed E-state index contributed by atoms with van der Waals surface area (Å²) in [7, 11) is 3.27. The van der Waals surface area contributed by atoms with Gasteiger partial charge in [-0.15, -0.1) is 5.10 Å². The van der Waals surface area contributed by atoms with Gasteiger partial charge in [0.2, 0.25) is 0 Å². The van der Waals surface area contributed by atoms with E-state index in [9.17, 15) is 0 Å². The van der Waals surface area contributed by atoms with E-state index >= 15 is 0 Å². The Labute approximate surface area is 166 Å². The van der Waals surface area contributed by atoms with E-state index in [-0.39, 0.29) is 0 Å². The highest BCUT2D eigenvalue weighted by molar-refractivity contribution is 6.13. The molecule has 142 valence electrons. The molecule has 0 saturated heterocycles. The highest BCUT2D eigenvalue weighted by Crippen LogP contribution is 2.27. The molecule has 0 aliphatic rings. The molecule has 3 rings (SSSR count). The molecule has 4 nitrogen and oxygen atoms in total. The second-order valence-electron chi connectivity index (χ2n) is 6.38. The first-order valence-electron chi connectivity index (χ1n) is 9.14. The van der Waals surface area contributed by atoms with Gasteiger partial charge in [0.15, 0.2) is 11.5 Å². The Morgan fingerprint density at radius 1 is 0.714 bits per heavy atom. The quantitative estimate of drug-likeness (QED) is 0.425. The topological polar surface area (TPSA) is 43.2 Å². The fourth-order valence-corrected chi connectivity index (χ4v) is 2.93. The Morgan fingerprint density at radius 2 is 1.29 bits per heavy atom. The third-order valence-corrected chi connectivity index (χ3v) is 4.32. The van der Waals surface area contributed by atoms with Crippen molar-refractivity contribution in [2.75, 3.05) is 14.2 Å².